The highest BCUT2D eigenvalue weighted by atomic mass is 35.5. The number of fused-ring (bicyclic) bond motifs is 1. The van der Waals surface area contributed by atoms with Crippen LogP contribution in [0.2, 0.25) is 5.02 Å². The van der Waals surface area contributed by atoms with Crippen LogP contribution in [0.5, 0.6) is 5.75 Å². The summed E-state index contributed by atoms with van der Waals surface area (Å²) in [6.45, 7) is 3.42. The number of hydrogen-bond donors (Lipinski definition) is 2. The summed E-state index contributed by atoms with van der Waals surface area (Å²) >= 11 is 6.41. The number of benzene rings is 2. The first-order valence-electron chi connectivity index (χ1n) is 11.2. The summed E-state index contributed by atoms with van der Waals surface area (Å²) in [4.78, 5) is 33.3. The molecule has 34 heavy (non-hydrogen) atoms. The molecule has 2 heterocycles. The summed E-state index contributed by atoms with van der Waals surface area (Å²) in [6, 6.07) is 11.8. The van der Waals surface area contributed by atoms with Gasteiger partial charge < -0.3 is 24.6 Å². The fourth-order valence-corrected chi connectivity index (χ4v) is 4.61. The molecule has 0 saturated carbocycles. The van der Waals surface area contributed by atoms with Gasteiger partial charge in [0.05, 0.1) is 23.2 Å². The van der Waals surface area contributed by atoms with Crippen molar-refractivity contribution < 1.29 is 19.4 Å². The topological polar surface area (TPSA) is 85.9 Å². The monoisotopic (exact) mass is 481 g/mol. The lowest BCUT2D eigenvalue weighted by molar-refractivity contribution is -0.139. The molecule has 1 saturated heterocycles. The van der Waals surface area contributed by atoms with Gasteiger partial charge in [-0.05, 0) is 58.3 Å². The number of aliphatic hydroxyl groups excluding tert-OH is 1. The molecule has 0 aliphatic carbocycles. The van der Waals surface area contributed by atoms with Crippen molar-refractivity contribution in [3.05, 3.63) is 70.4 Å². The number of Topliss-reactive ketones (excluding diaryl/α,β-unsaturated/α-hetero) is 1. The Kier molecular flexibility index (Phi) is 6.95. The van der Waals surface area contributed by atoms with Crippen LogP contribution in [-0.2, 0) is 9.59 Å². The SMILES string of the molecule is CCOc1ccc(Cl)c(/C(O)=C2\C(=O)C(=O)N(CCCN(C)C)C2c2c[nH]c3ccccc23)c1. The molecule has 2 aromatic carbocycles. The molecular weight excluding hydrogens is 454 g/mol. The Labute approximate surface area is 203 Å². The lowest BCUT2D eigenvalue weighted by Crippen LogP contribution is -2.32. The Morgan fingerprint density at radius 3 is 2.71 bits per heavy atom. The van der Waals surface area contributed by atoms with Crippen LogP contribution >= 0.6 is 11.6 Å². The zero-order chi connectivity index (χ0) is 24.4. The van der Waals surface area contributed by atoms with Crippen LogP contribution in [0.3, 0.4) is 0 Å². The Morgan fingerprint density at radius 2 is 1.97 bits per heavy atom. The summed E-state index contributed by atoms with van der Waals surface area (Å²) < 4.78 is 5.55. The number of aromatic nitrogens is 1. The van der Waals surface area contributed by atoms with E-state index in [2.05, 4.69) is 4.98 Å². The molecule has 8 heteroatoms. The van der Waals surface area contributed by atoms with E-state index in [-0.39, 0.29) is 21.9 Å². The first kappa shape index (κ1) is 23.9. The number of rotatable bonds is 8. The molecule has 1 fully saturated rings. The van der Waals surface area contributed by atoms with Crippen molar-refractivity contribution >= 4 is 40.0 Å². The van der Waals surface area contributed by atoms with E-state index in [0.29, 0.717) is 25.3 Å². The lowest BCUT2D eigenvalue weighted by Gasteiger charge is -2.25. The molecule has 1 unspecified atom stereocenters. The molecule has 1 atom stereocenters. The molecule has 1 aliphatic heterocycles. The molecule has 0 radical (unpaired) electrons. The van der Waals surface area contributed by atoms with Crippen molar-refractivity contribution in [3.63, 3.8) is 0 Å². The average Bonchev–Trinajstić information content (AvgIpc) is 3.34. The fraction of sp³-hybridized carbons (Fsp3) is 0.308. The van der Waals surface area contributed by atoms with E-state index in [1.165, 1.54) is 0 Å². The third-order valence-electron chi connectivity index (χ3n) is 5.96. The molecule has 178 valence electrons. The fourth-order valence-electron chi connectivity index (χ4n) is 4.40. The number of nitrogens with one attached hydrogen (secondary N) is 1. The highest BCUT2D eigenvalue weighted by molar-refractivity contribution is 6.47. The predicted octanol–water partition coefficient (Wildman–Crippen LogP) is 4.59. The molecule has 0 bridgehead atoms. The second kappa shape index (κ2) is 9.91. The molecule has 7 nitrogen and oxygen atoms in total. The highest BCUT2D eigenvalue weighted by Crippen LogP contribution is 2.43. The number of para-hydroxylation sites is 1. The number of halogens is 1. The Hall–Kier alpha value is -3.29. The van der Waals surface area contributed by atoms with Gasteiger partial charge >= 0.3 is 0 Å². The van der Waals surface area contributed by atoms with E-state index in [4.69, 9.17) is 16.3 Å². The average molecular weight is 482 g/mol. The number of ether oxygens (including phenoxy) is 1. The maximum atomic E-state index is 13.3. The van der Waals surface area contributed by atoms with Crippen LogP contribution in [0.1, 0.15) is 30.5 Å². The van der Waals surface area contributed by atoms with Crippen molar-refractivity contribution in [3.8, 4) is 5.75 Å². The number of carbonyl (C=O) groups excluding carboxylic acids is 2. The van der Waals surface area contributed by atoms with Crippen LogP contribution in [-0.4, -0.2) is 65.4 Å². The summed E-state index contributed by atoms with van der Waals surface area (Å²) in [5.41, 5.74) is 1.91. The minimum absolute atomic E-state index is 0.0233. The number of ketones is 1. The molecule has 4 rings (SSSR count). The van der Waals surface area contributed by atoms with Gasteiger partial charge in [0.15, 0.2) is 0 Å². The largest absolute Gasteiger partial charge is 0.507 e. The third-order valence-corrected chi connectivity index (χ3v) is 6.29. The van der Waals surface area contributed by atoms with Crippen molar-refractivity contribution in [2.75, 3.05) is 33.8 Å². The first-order valence-corrected chi connectivity index (χ1v) is 11.6. The van der Waals surface area contributed by atoms with Gasteiger partial charge in [0.25, 0.3) is 11.7 Å². The molecule has 3 aromatic rings. The highest BCUT2D eigenvalue weighted by Gasteiger charge is 2.46. The molecule has 0 spiro atoms. The zero-order valence-electron chi connectivity index (χ0n) is 19.5. The zero-order valence-corrected chi connectivity index (χ0v) is 20.2. The van der Waals surface area contributed by atoms with E-state index >= 15 is 0 Å². The number of H-pyrrole nitrogens is 1. The van der Waals surface area contributed by atoms with Gasteiger partial charge in [-0.2, -0.15) is 0 Å². The number of aliphatic hydroxyl groups is 1. The minimum Gasteiger partial charge on any atom is -0.507 e. The van der Waals surface area contributed by atoms with Gasteiger partial charge in [0.2, 0.25) is 0 Å². The Bertz CT molecular complexity index is 1260. The number of amides is 1. The maximum absolute atomic E-state index is 13.3. The van der Waals surface area contributed by atoms with Crippen molar-refractivity contribution in [2.45, 2.75) is 19.4 Å². The molecular formula is C26H28ClN3O4. The van der Waals surface area contributed by atoms with Crippen LogP contribution in [0.25, 0.3) is 16.7 Å². The summed E-state index contributed by atoms with van der Waals surface area (Å²) in [6.07, 6.45) is 2.48. The second-order valence-corrected chi connectivity index (χ2v) is 8.92. The third kappa shape index (κ3) is 4.41. The molecule has 2 N–H and O–H groups in total. The normalized spacial score (nSPS) is 17.8. The Balaban J connectivity index is 1.88. The second-order valence-electron chi connectivity index (χ2n) is 8.51. The van der Waals surface area contributed by atoms with Gasteiger partial charge in [0, 0.05) is 34.8 Å². The quantitative estimate of drug-likeness (QED) is 0.279. The Morgan fingerprint density at radius 1 is 1.21 bits per heavy atom. The minimum atomic E-state index is -0.745. The molecule has 1 amide bonds. The van der Waals surface area contributed by atoms with Crippen LogP contribution in [0, 0.1) is 0 Å². The van der Waals surface area contributed by atoms with Gasteiger partial charge in [-0.1, -0.05) is 29.8 Å². The maximum Gasteiger partial charge on any atom is 0.295 e. The van der Waals surface area contributed by atoms with E-state index in [1.807, 2.05) is 50.2 Å². The van der Waals surface area contributed by atoms with Gasteiger partial charge in [-0.15, -0.1) is 0 Å². The first-order chi connectivity index (χ1) is 16.3. The van der Waals surface area contributed by atoms with Crippen molar-refractivity contribution in [2.24, 2.45) is 0 Å². The molecule has 1 aromatic heterocycles. The molecule has 1 aliphatic rings. The van der Waals surface area contributed by atoms with Crippen LogP contribution in [0.4, 0.5) is 0 Å². The standard InChI is InChI=1S/C26H28ClN3O4/c1-4-34-16-10-11-20(27)18(14-16)24(31)22-23(19-15-28-21-9-6-5-8-17(19)21)30(26(33)25(22)32)13-7-12-29(2)3/h5-6,8-11,14-15,23,28,31H,4,7,12-13H2,1-3H3/b24-22+. The lowest BCUT2D eigenvalue weighted by atomic mass is 9.94. The van der Waals surface area contributed by atoms with E-state index in [1.54, 1.807) is 29.3 Å². The number of aromatic amines is 1. The summed E-state index contributed by atoms with van der Waals surface area (Å²) in [5, 5.41) is 12.5. The smallest absolute Gasteiger partial charge is 0.295 e. The van der Waals surface area contributed by atoms with Gasteiger partial charge in [-0.3, -0.25) is 9.59 Å². The summed E-state index contributed by atoms with van der Waals surface area (Å²) in [5.74, 6) is -1.16. The van der Waals surface area contributed by atoms with E-state index in [9.17, 15) is 14.7 Å². The van der Waals surface area contributed by atoms with Gasteiger partial charge in [-0.25, -0.2) is 0 Å². The van der Waals surface area contributed by atoms with Gasteiger partial charge in [0.1, 0.15) is 11.5 Å². The van der Waals surface area contributed by atoms with Crippen LogP contribution < -0.4 is 4.74 Å². The van der Waals surface area contributed by atoms with Crippen molar-refractivity contribution in [1.29, 1.82) is 0 Å². The number of carbonyl (C=O) groups is 2. The van der Waals surface area contributed by atoms with Crippen molar-refractivity contribution in [1.82, 2.24) is 14.8 Å². The number of likely N-dealkylation sites (tertiary alicyclic amines) is 1. The van der Waals surface area contributed by atoms with E-state index in [0.717, 1.165) is 23.0 Å². The number of hydrogen-bond acceptors (Lipinski definition) is 5. The predicted molar refractivity (Wildman–Crippen MR) is 133 cm³/mol. The van der Waals surface area contributed by atoms with E-state index < -0.39 is 17.7 Å². The van der Waals surface area contributed by atoms with Crippen LogP contribution in [0.15, 0.2) is 54.2 Å². The summed E-state index contributed by atoms with van der Waals surface area (Å²) in [7, 11) is 3.91. The number of nitrogens with zero attached hydrogens (tertiary/aromatic N) is 2.